The number of aryl methyl sites for hydroxylation is 2. The lowest BCUT2D eigenvalue weighted by Crippen LogP contribution is -2.37. The lowest BCUT2D eigenvalue weighted by molar-refractivity contribution is 0.0763. The van der Waals surface area contributed by atoms with Gasteiger partial charge in [-0.05, 0) is 48.3 Å². The van der Waals surface area contributed by atoms with Crippen LogP contribution in [0.4, 0.5) is 0 Å². The third-order valence-corrected chi connectivity index (χ3v) is 7.36. The molecule has 2 heterocycles. The fourth-order valence-electron chi connectivity index (χ4n) is 3.19. The molecule has 1 fully saturated rings. The van der Waals surface area contributed by atoms with E-state index in [-0.39, 0.29) is 17.3 Å². The van der Waals surface area contributed by atoms with Crippen LogP contribution in [-0.2, 0) is 10.0 Å². The zero-order valence-corrected chi connectivity index (χ0v) is 17.1. The number of carbonyl (C=O) groups excluding carboxylic acids is 1. The van der Waals surface area contributed by atoms with Crippen molar-refractivity contribution in [3.05, 3.63) is 45.7 Å². The highest BCUT2D eigenvalue weighted by Crippen LogP contribution is 2.24. The van der Waals surface area contributed by atoms with E-state index >= 15 is 0 Å². The Labute approximate surface area is 161 Å². The first kappa shape index (κ1) is 19.1. The summed E-state index contributed by atoms with van der Waals surface area (Å²) in [5.74, 6) is -0.0904. The van der Waals surface area contributed by atoms with Gasteiger partial charge in [0.05, 0.1) is 17.0 Å². The van der Waals surface area contributed by atoms with Gasteiger partial charge < -0.3 is 4.90 Å². The molecule has 0 saturated carbocycles. The minimum Gasteiger partial charge on any atom is -0.337 e. The molecule has 9 heteroatoms. The van der Waals surface area contributed by atoms with Gasteiger partial charge in [-0.25, -0.2) is 8.42 Å². The second-order valence-electron chi connectivity index (χ2n) is 6.29. The predicted octanol–water partition coefficient (Wildman–Crippen LogP) is 2.33. The average Bonchev–Trinajstić information content (AvgIpc) is 2.81. The minimum absolute atomic E-state index is 0.0904. The zero-order valence-electron chi connectivity index (χ0n) is 14.7. The van der Waals surface area contributed by atoms with Gasteiger partial charge in [-0.15, -0.1) is 0 Å². The van der Waals surface area contributed by atoms with Crippen LogP contribution in [0.3, 0.4) is 0 Å². The molecule has 0 bridgehead atoms. The number of carbonyl (C=O) groups is 1. The minimum atomic E-state index is -3.63. The molecule has 1 aromatic carbocycles. The van der Waals surface area contributed by atoms with Gasteiger partial charge in [-0.3, -0.25) is 9.89 Å². The topological polar surface area (TPSA) is 86.4 Å². The van der Waals surface area contributed by atoms with Gasteiger partial charge in [0, 0.05) is 30.7 Å². The first-order chi connectivity index (χ1) is 12.3. The van der Waals surface area contributed by atoms with E-state index in [0.29, 0.717) is 43.0 Å². The van der Waals surface area contributed by atoms with E-state index in [0.717, 1.165) is 4.47 Å². The van der Waals surface area contributed by atoms with Gasteiger partial charge in [0.25, 0.3) is 5.91 Å². The number of sulfonamides is 1. The van der Waals surface area contributed by atoms with Gasteiger partial charge in [-0.1, -0.05) is 12.1 Å². The van der Waals surface area contributed by atoms with Crippen LogP contribution < -0.4 is 0 Å². The van der Waals surface area contributed by atoms with E-state index in [1.165, 1.54) is 4.31 Å². The molecule has 0 aliphatic carbocycles. The second-order valence-corrected chi connectivity index (χ2v) is 9.02. The molecule has 7 nitrogen and oxygen atoms in total. The number of halogens is 1. The molecule has 0 radical (unpaired) electrons. The molecule has 0 spiro atoms. The Kier molecular flexibility index (Phi) is 5.50. The molecule has 1 N–H and O–H groups in total. The quantitative estimate of drug-likeness (QED) is 0.792. The molecule has 0 unspecified atom stereocenters. The standard InChI is InChI=1S/C17H21BrN4O3S/c1-12-16(13(2)20-19-12)26(24,25)22-9-5-8-21(10-11-22)17(23)14-6-3-4-7-15(14)18/h3-4,6-7H,5,8-11H2,1-2H3,(H,19,20). The first-order valence-corrected chi connectivity index (χ1v) is 10.6. The third kappa shape index (κ3) is 3.56. The molecule has 1 saturated heterocycles. The van der Waals surface area contributed by atoms with Gasteiger partial charge >= 0.3 is 0 Å². The monoisotopic (exact) mass is 440 g/mol. The fourth-order valence-corrected chi connectivity index (χ4v) is 5.45. The fraction of sp³-hybridized carbons (Fsp3) is 0.412. The van der Waals surface area contributed by atoms with Crippen LogP contribution in [0.25, 0.3) is 0 Å². The largest absolute Gasteiger partial charge is 0.337 e. The number of nitrogens with one attached hydrogen (secondary N) is 1. The Morgan fingerprint density at radius 2 is 1.88 bits per heavy atom. The maximum absolute atomic E-state index is 13.0. The van der Waals surface area contributed by atoms with Crippen molar-refractivity contribution in [3.8, 4) is 0 Å². The van der Waals surface area contributed by atoms with Crippen LogP contribution in [0.5, 0.6) is 0 Å². The predicted molar refractivity (Wildman–Crippen MR) is 101 cm³/mol. The smallest absolute Gasteiger partial charge is 0.255 e. The van der Waals surface area contributed by atoms with Crippen molar-refractivity contribution in [2.45, 2.75) is 25.2 Å². The van der Waals surface area contributed by atoms with Gasteiger partial charge in [0.1, 0.15) is 4.90 Å². The molecular weight excluding hydrogens is 420 g/mol. The van der Waals surface area contributed by atoms with E-state index in [9.17, 15) is 13.2 Å². The summed E-state index contributed by atoms with van der Waals surface area (Å²) in [5.41, 5.74) is 1.59. The summed E-state index contributed by atoms with van der Waals surface area (Å²) < 4.78 is 28.2. The third-order valence-electron chi connectivity index (χ3n) is 4.50. The molecule has 26 heavy (non-hydrogen) atoms. The summed E-state index contributed by atoms with van der Waals surface area (Å²) in [5, 5.41) is 6.72. The molecule has 1 aromatic heterocycles. The lowest BCUT2D eigenvalue weighted by Gasteiger charge is -2.22. The normalized spacial score (nSPS) is 16.5. The maximum atomic E-state index is 13.0. The number of hydrogen-bond acceptors (Lipinski definition) is 4. The van der Waals surface area contributed by atoms with Crippen molar-refractivity contribution in [3.63, 3.8) is 0 Å². The lowest BCUT2D eigenvalue weighted by atomic mass is 10.2. The molecular formula is C17H21BrN4O3S. The Morgan fingerprint density at radius 1 is 1.15 bits per heavy atom. The molecule has 1 amide bonds. The van der Waals surface area contributed by atoms with Gasteiger partial charge in [0.15, 0.2) is 0 Å². The van der Waals surface area contributed by atoms with E-state index in [2.05, 4.69) is 26.1 Å². The second kappa shape index (κ2) is 7.50. The first-order valence-electron chi connectivity index (χ1n) is 8.38. The Bertz CT molecular complexity index is 906. The highest BCUT2D eigenvalue weighted by Gasteiger charge is 2.32. The van der Waals surface area contributed by atoms with E-state index in [1.54, 1.807) is 24.8 Å². The number of aromatic amines is 1. The maximum Gasteiger partial charge on any atom is 0.255 e. The summed E-state index contributed by atoms with van der Waals surface area (Å²) in [7, 11) is -3.63. The van der Waals surface area contributed by atoms with Gasteiger partial charge in [-0.2, -0.15) is 9.40 Å². The number of aromatic nitrogens is 2. The zero-order chi connectivity index (χ0) is 18.9. The Morgan fingerprint density at radius 3 is 2.54 bits per heavy atom. The van der Waals surface area contributed by atoms with Crippen LogP contribution in [0.15, 0.2) is 33.6 Å². The summed E-state index contributed by atoms with van der Waals surface area (Å²) >= 11 is 3.40. The summed E-state index contributed by atoms with van der Waals surface area (Å²) in [6.07, 6.45) is 0.589. The number of nitrogens with zero attached hydrogens (tertiary/aromatic N) is 3. The number of hydrogen-bond donors (Lipinski definition) is 1. The van der Waals surface area contributed by atoms with Crippen LogP contribution >= 0.6 is 15.9 Å². The van der Waals surface area contributed by atoms with Crippen LogP contribution in [0.1, 0.15) is 28.2 Å². The number of rotatable bonds is 3. The Balaban J connectivity index is 1.79. The van der Waals surface area contributed by atoms with Crippen molar-refractivity contribution in [2.24, 2.45) is 0 Å². The molecule has 3 rings (SSSR count). The van der Waals surface area contributed by atoms with E-state index in [1.807, 2.05) is 18.2 Å². The van der Waals surface area contributed by atoms with Crippen LogP contribution in [0.2, 0.25) is 0 Å². The van der Waals surface area contributed by atoms with Crippen LogP contribution in [0, 0.1) is 13.8 Å². The highest BCUT2D eigenvalue weighted by molar-refractivity contribution is 9.10. The molecule has 1 aliphatic rings. The van der Waals surface area contributed by atoms with Crippen molar-refractivity contribution in [2.75, 3.05) is 26.2 Å². The van der Waals surface area contributed by atoms with Crippen molar-refractivity contribution in [1.29, 1.82) is 0 Å². The van der Waals surface area contributed by atoms with Crippen molar-refractivity contribution >= 4 is 31.9 Å². The van der Waals surface area contributed by atoms with Crippen molar-refractivity contribution < 1.29 is 13.2 Å². The summed E-state index contributed by atoms with van der Waals surface area (Å²) in [4.78, 5) is 14.7. The number of H-pyrrole nitrogens is 1. The molecule has 140 valence electrons. The SMILES string of the molecule is Cc1n[nH]c(C)c1S(=O)(=O)N1CCCN(C(=O)c2ccccc2Br)CC1. The number of amides is 1. The van der Waals surface area contributed by atoms with E-state index in [4.69, 9.17) is 0 Å². The average molecular weight is 441 g/mol. The summed E-state index contributed by atoms with van der Waals surface area (Å²) in [6.45, 7) is 4.91. The Hall–Kier alpha value is -1.71. The molecule has 0 atom stereocenters. The number of benzene rings is 1. The van der Waals surface area contributed by atoms with E-state index < -0.39 is 10.0 Å². The van der Waals surface area contributed by atoms with Gasteiger partial charge in [0.2, 0.25) is 10.0 Å². The highest BCUT2D eigenvalue weighted by atomic mass is 79.9. The van der Waals surface area contributed by atoms with Crippen molar-refractivity contribution in [1.82, 2.24) is 19.4 Å². The summed E-state index contributed by atoms with van der Waals surface area (Å²) in [6, 6.07) is 7.26. The molecule has 2 aromatic rings. The molecule has 1 aliphatic heterocycles. The van der Waals surface area contributed by atoms with Crippen LogP contribution in [-0.4, -0.2) is 59.9 Å².